The lowest BCUT2D eigenvalue weighted by Gasteiger charge is -2.03. The molecule has 0 aliphatic rings. The van der Waals surface area contributed by atoms with Crippen LogP contribution < -0.4 is 0 Å². The van der Waals surface area contributed by atoms with Crippen molar-refractivity contribution < 1.29 is 38.1 Å². The van der Waals surface area contributed by atoms with Crippen LogP contribution in [-0.4, -0.2) is 92.7 Å². The molecule has 2 aromatic carbocycles. The fraction of sp³-hybridized carbons (Fsp3) is 0.188. The predicted octanol–water partition coefficient (Wildman–Crippen LogP) is 5.11. The Balaban J connectivity index is 0.000000189. The first-order valence-electron chi connectivity index (χ1n) is 14.3. The molecule has 1 N–H and O–H groups in total. The van der Waals surface area contributed by atoms with Gasteiger partial charge in [0.2, 0.25) is 22.8 Å². The van der Waals surface area contributed by atoms with Gasteiger partial charge in [0.25, 0.3) is 0 Å². The number of carbonyl (C=O) groups is 4. The molecule has 0 saturated carbocycles. The van der Waals surface area contributed by atoms with Gasteiger partial charge in [-0.3, -0.25) is 9.97 Å². The van der Waals surface area contributed by atoms with Crippen molar-refractivity contribution >= 4 is 80.5 Å². The highest BCUT2D eigenvalue weighted by atomic mass is 35.5. The number of benzene rings is 2. The van der Waals surface area contributed by atoms with Crippen LogP contribution in [0.25, 0.3) is 21.8 Å². The summed E-state index contributed by atoms with van der Waals surface area (Å²) in [6.07, 6.45) is 3.22. The topological polar surface area (TPSA) is 203 Å². The molecular weight excluding hydrogens is 731 g/mol. The molecule has 51 heavy (non-hydrogen) atoms. The quantitative estimate of drug-likeness (QED) is 0.128. The zero-order valence-corrected chi connectivity index (χ0v) is 29.5. The Bertz CT molecular complexity index is 2140. The smallest absolute Gasteiger partial charge is 0.361 e. The van der Waals surface area contributed by atoms with E-state index >= 15 is 0 Å². The molecule has 264 valence electrons. The Morgan fingerprint density at radius 1 is 0.627 bits per heavy atom. The molecule has 0 amide bonds. The second-order valence-corrected chi connectivity index (χ2v) is 11.0. The minimum atomic E-state index is -0.763. The summed E-state index contributed by atoms with van der Waals surface area (Å²) in [6.45, 7) is 0.240. The Labute approximate surface area is 303 Å². The number of carbonyl (C=O) groups excluding carboxylic acids is 4. The second-order valence-electron chi connectivity index (χ2n) is 9.91. The van der Waals surface area contributed by atoms with Crippen LogP contribution in [0.4, 0.5) is 0 Å². The molecule has 4 heterocycles. The van der Waals surface area contributed by atoms with E-state index in [1.54, 1.807) is 18.5 Å². The van der Waals surface area contributed by atoms with Gasteiger partial charge in [0.1, 0.15) is 0 Å². The highest BCUT2D eigenvalue weighted by Gasteiger charge is 2.26. The molecule has 0 aliphatic heterocycles. The van der Waals surface area contributed by atoms with Crippen molar-refractivity contribution in [1.29, 1.82) is 0 Å². The van der Waals surface area contributed by atoms with Gasteiger partial charge in [-0.05, 0) is 47.5 Å². The number of halogens is 3. The van der Waals surface area contributed by atoms with Crippen molar-refractivity contribution in [3.63, 3.8) is 0 Å². The number of hydrogen-bond donors (Lipinski definition) is 1. The van der Waals surface area contributed by atoms with Gasteiger partial charge in [0.15, 0.2) is 0 Å². The van der Waals surface area contributed by atoms with E-state index < -0.39 is 23.9 Å². The second kappa shape index (κ2) is 17.8. The van der Waals surface area contributed by atoms with E-state index in [1.807, 2.05) is 42.5 Å². The zero-order valence-electron chi connectivity index (χ0n) is 27.2. The van der Waals surface area contributed by atoms with Gasteiger partial charge >= 0.3 is 23.9 Å². The molecule has 0 spiro atoms. The molecule has 19 heteroatoms. The third-order valence-corrected chi connectivity index (χ3v) is 7.34. The molecule has 0 atom stereocenters. The Hall–Kier alpha value is -5.71. The van der Waals surface area contributed by atoms with E-state index in [0.29, 0.717) is 15.9 Å². The van der Waals surface area contributed by atoms with Gasteiger partial charge in [-0.1, -0.05) is 35.3 Å². The van der Waals surface area contributed by atoms with Gasteiger partial charge in [-0.25, -0.2) is 19.2 Å². The van der Waals surface area contributed by atoms with Crippen LogP contribution in [-0.2, 0) is 31.4 Å². The highest BCUT2D eigenvalue weighted by Crippen LogP contribution is 2.20. The van der Waals surface area contributed by atoms with E-state index in [-0.39, 0.29) is 29.3 Å². The fourth-order valence-corrected chi connectivity index (χ4v) is 4.75. The number of esters is 4. The number of nitrogens with one attached hydrogen (secondary N) is 1. The third-order valence-electron chi connectivity index (χ3n) is 6.62. The lowest BCUT2D eigenvalue weighted by atomic mass is 10.1. The maximum Gasteiger partial charge on any atom is 0.361 e. The molecule has 0 radical (unpaired) electrons. The highest BCUT2D eigenvalue weighted by molar-refractivity contribution is 6.31. The first-order valence-corrected chi connectivity index (χ1v) is 15.6. The van der Waals surface area contributed by atoms with Crippen LogP contribution in [0.15, 0.2) is 60.9 Å². The first kappa shape index (κ1) is 38.1. The number of alkyl halides is 1. The average Bonchev–Trinajstić information content (AvgIpc) is 3.82. The van der Waals surface area contributed by atoms with E-state index in [2.05, 4.69) is 54.5 Å². The molecule has 0 unspecified atom stereocenters. The summed E-state index contributed by atoms with van der Waals surface area (Å²) in [5.74, 6) is -2.49. The van der Waals surface area contributed by atoms with Gasteiger partial charge in [-0.15, -0.1) is 32.0 Å². The summed E-state index contributed by atoms with van der Waals surface area (Å²) in [6, 6.07) is 15.2. The predicted molar refractivity (Wildman–Crippen MR) is 184 cm³/mol. The van der Waals surface area contributed by atoms with Crippen LogP contribution in [0.5, 0.6) is 0 Å². The standard InChI is InChI=1S/C16H13ClN4O4.C10H7Cl2N.C6H7N3O4/c1-24-15(22)13-14(16(23)25-2)20-21(19-13)8-9-3-4-12-10(5-9)6-11(17)7-18-12;11-5-7-1-2-10-8(3-7)4-9(12)6-13-10;1-12-5(10)3-4(6(11)13-2)8-9-7-3/h3-7H,8H2,1-2H3;1-4,6H,5H2;1-2H3,(H,7,8,9). The van der Waals surface area contributed by atoms with Crippen molar-refractivity contribution in [3.8, 4) is 0 Å². The van der Waals surface area contributed by atoms with Crippen LogP contribution in [0.3, 0.4) is 0 Å². The van der Waals surface area contributed by atoms with Crippen LogP contribution in [0.1, 0.15) is 53.1 Å². The molecule has 4 aromatic heterocycles. The molecular formula is C32H27Cl3N8O8. The number of hydrogen-bond acceptors (Lipinski definition) is 14. The lowest BCUT2D eigenvalue weighted by molar-refractivity contribution is 0.0548. The fourth-order valence-electron chi connectivity index (χ4n) is 4.25. The maximum absolute atomic E-state index is 11.8. The summed E-state index contributed by atoms with van der Waals surface area (Å²) in [5, 5.41) is 20.2. The van der Waals surface area contributed by atoms with E-state index in [0.717, 1.165) is 32.9 Å². The molecule has 0 saturated heterocycles. The van der Waals surface area contributed by atoms with Crippen molar-refractivity contribution in [2.75, 3.05) is 28.4 Å². The number of pyridine rings is 2. The molecule has 0 fully saturated rings. The van der Waals surface area contributed by atoms with Gasteiger partial charge in [-0.2, -0.15) is 10.0 Å². The molecule has 0 bridgehead atoms. The Morgan fingerprint density at radius 2 is 1.04 bits per heavy atom. The number of methoxy groups -OCH3 is 4. The minimum Gasteiger partial charge on any atom is -0.464 e. The van der Waals surface area contributed by atoms with Crippen LogP contribution in [0.2, 0.25) is 10.0 Å². The number of rotatable bonds is 7. The van der Waals surface area contributed by atoms with Gasteiger partial charge < -0.3 is 18.9 Å². The zero-order chi connectivity index (χ0) is 37.1. The molecule has 0 aliphatic carbocycles. The van der Waals surface area contributed by atoms with E-state index in [4.69, 9.17) is 34.8 Å². The molecule has 6 rings (SSSR count). The number of aromatic amines is 1. The Morgan fingerprint density at radius 3 is 1.47 bits per heavy atom. The van der Waals surface area contributed by atoms with E-state index in [1.165, 1.54) is 33.2 Å². The third kappa shape index (κ3) is 9.72. The van der Waals surface area contributed by atoms with Crippen molar-refractivity contribution in [2.45, 2.75) is 12.4 Å². The minimum absolute atomic E-state index is 0.186. The number of nitrogens with zero attached hydrogens (tertiary/aromatic N) is 7. The summed E-state index contributed by atoms with van der Waals surface area (Å²) >= 11 is 17.5. The van der Waals surface area contributed by atoms with Crippen LogP contribution in [0, 0.1) is 0 Å². The number of fused-ring (bicyclic) bond motifs is 2. The maximum atomic E-state index is 11.8. The van der Waals surface area contributed by atoms with Crippen molar-refractivity contribution in [3.05, 3.63) is 105 Å². The summed E-state index contributed by atoms with van der Waals surface area (Å²) in [4.78, 5) is 55.1. The molecule has 6 aromatic rings. The van der Waals surface area contributed by atoms with Gasteiger partial charge in [0.05, 0.1) is 56.1 Å². The SMILES string of the molecule is COC(=O)c1n[nH]nc1C(=O)OC.COC(=O)c1nn(Cc2ccc3ncc(Cl)cc3c2)nc1C(=O)OC.ClCc1ccc2ncc(Cl)cc2c1. The van der Waals surface area contributed by atoms with Crippen molar-refractivity contribution in [1.82, 2.24) is 40.4 Å². The summed E-state index contributed by atoms with van der Waals surface area (Å²) in [5.41, 5.74) is 2.91. The monoisotopic (exact) mass is 756 g/mol. The normalized spacial score (nSPS) is 10.3. The summed E-state index contributed by atoms with van der Waals surface area (Å²) < 4.78 is 18.0. The van der Waals surface area contributed by atoms with Crippen LogP contribution >= 0.6 is 34.8 Å². The number of ether oxygens (including phenoxy) is 4. The summed E-state index contributed by atoms with van der Waals surface area (Å²) in [7, 11) is 4.75. The van der Waals surface area contributed by atoms with Crippen molar-refractivity contribution in [2.24, 2.45) is 0 Å². The van der Waals surface area contributed by atoms with Gasteiger partial charge in [0, 0.05) is 29.0 Å². The van der Waals surface area contributed by atoms with E-state index in [9.17, 15) is 19.2 Å². The number of H-pyrrole nitrogens is 1. The average molecular weight is 758 g/mol. The first-order chi connectivity index (χ1) is 24.5. The molecule has 16 nitrogen and oxygen atoms in total. The largest absolute Gasteiger partial charge is 0.464 e. The lowest BCUT2D eigenvalue weighted by Crippen LogP contribution is -2.11. The Kier molecular flexibility index (Phi) is 13.3. The number of aromatic nitrogens is 8.